The second-order valence-electron chi connectivity index (χ2n) is 5.00. The van der Waals surface area contributed by atoms with Crippen molar-refractivity contribution >= 4 is 0 Å². The standard InChI is InChI=1S/C13H25N/c1-11(2)9-10-14-13-6-4-5-12(3)7-8-13/h9,12-14H,4-8,10H2,1-3H3. The first-order valence-corrected chi connectivity index (χ1v) is 6.05. The second kappa shape index (κ2) is 6.23. The van der Waals surface area contributed by atoms with Gasteiger partial charge in [-0.15, -0.1) is 0 Å². The molecule has 1 nitrogen and oxygen atoms in total. The number of nitrogens with one attached hydrogen (secondary N) is 1. The minimum absolute atomic E-state index is 0.774. The monoisotopic (exact) mass is 195 g/mol. The van der Waals surface area contributed by atoms with Crippen molar-refractivity contribution in [3.05, 3.63) is 11.6 Å². The van der Waals surface area contributed by atoms with Crippen LogP contribution in [0.3, 0.4) is 0 Å². The molecule has 1 N–H and O–H groups in total. The Morgan fingerprint density at radius 3 is 2.71 bits per heavy atom. The highest BCUT2D eigenvalue weighted by molar-refractivity contribution is 4.95. The first-order chi connectivity index (χ1) is 6.68. The van der Waals surface area contributed by atoms with E-state index in [0.29, 0.717) is 0 Å². The van der Waals surface area contributed by atoms with E-state index in [0.717, 1.165) is 18.5 Å². The van der Waals surface area contributed by atoms with Gasteiger partial charge in [0.2, 0.25) is 0 Å². The molecule has 0 radical (unpaired) electrons. The van der Waals surface area contributed by atoms with Crippen molar-refractivity contribution in [3.8, 4) is 0 Å². The van der Waals surface area contributed by atoms with Crippen molar-refractivity contribution in [2.45, 2.75) is 58.9 Å². The van der Waals surface area contributed by atoms with Crippen LogP contribution in [0.5, 0.6) is 0 Å². The summed E-state index contributed by atoms with van der Waals surface area (Å²) in [6.07, 6.45) is 9.29. The van der Waals surface area contributed by atoms with Crippen LogP contribution >= 0.6 is 0 Å². The van der Waals surface area contributed by atoms with E-state index in [4.69, 9.17) is 0 Å². The third-order valence-corrected chi connectivity index (χ3v) is 3.17. The molecule has 14 heavy (non-hydrogen) atoms. The lowest BCUT2D eigenvalue weighted by molar-refractivity contribution is 0.464. The largest absolute Gasteiger partial charge is 0.311 e. The van der Waals surface area contributed by atoms with Crippen LogP contribution in [0.15, 0.2) is 11.6 Å². The molecule has 1 aliphatic carbocycles. The van der Waals surface area contributed by atoms with Crippen molar-refractivity contribution in [1.82, 2.24) is 5.32 Å². The summed E-state index contributed by atoms with van der Waals surface area (Å²) < 4.78 is 0. The zero-order valence-corrected chi connectivity index (χ0v) is 9.97. The molecule has 2 atom stereocenters. The normalized spacial score (nSPS) is 28.2. The van der Waals surface area contributed by atoms with Crippen LogP contribution in [-0.4, -0.2) is 12.6 Å². The lowest BCUT2D eigenvalue weighted by Gasteiger charge is -2.14. The van der Waals surface area contributed by atoms with E-state index in [-0.39, 0.29) is 0 Å². The molecule has 2 unspecified atom stereocenters. The predicted octanol–water partition coefficient (Wildman–Crippen LogP) is 3.51. The second-order valence-corrected chi connectivity index (χ2v) is 5.00. The van der Waals surface area contributed by atoms with Crippen molar-refractivity contribution in [1.29, 1.82) is 0 Å². The minimum atomic E-state index is 0.774. The molecule has 0 aromatic carbocycles. The van der Waals surface area contributed by atoms with Crippen LogP contribution < -0.4 is 5.32 Å². The number of allylic oxidation sites excluding steroid dienone is 1. The van der Waals surface area contributed by atoms with Crippen LogP contribution in [0.1, 0.15) is 52.9 Å². The highest BCUT2D eigenvalue weighted by atomic mass is 14.9. The summed E-state index contributed by atoms with van der Waals surface area (Å²) in [5.74, 6) is 0.949. The van der Waals surface area contributed by atoms with E-state index in [1.807, 2.05) is 0 Å². The quantitative estimate of drug-likeness (QED) is 0.537. The van der Waals surface area contributed by atoms with Crippen molar-refractivity contribution in [3.63, 3.8) is 0 Å². The van der Waals surface area contributed by atoms with Gasteiger partial charge in [-0.25, -0.2) is 0 Å². The Morgan fingerprint density at radius 1 is 1.21 bits per heavy atom. The Morgan fingerprint density at radius 2 is 2.00 bits per heavy atom. The predicted molar refractivity (Wildman–Crippen MR) is 63.5 cm³/mol. The molecule has 0 bridgehead atoms. The summed E-state index contributed by atoms with van der Waals surface area (Å²) in [7, 11) is 0. The van der Waals surface area contributed by atoms with Gasteiger partial charge in [0.15, 0.2) is 0 Å². The maximum Gasteiger partial charge on any atom is 0.0139 e. The summed E-state index contributed by atoms with van der Waals surface area (Å²) in [5.41, 5.74) is 1.42. The molecule has 1 fully saturated rings. The fourth-order valence-corrected chi connectivity index (χ4v) is 2.12. The van der Waals surface area contributed by atoms with Gasteiger partial charge in [-0.2, -0.15) is 0 Å². The Kier molecular flexibility index (Phi) is 5.24. The Hall–Kier alpha value is -0.300. The zero-order valence-electron chi connectivity index (χ0n) is 9.97. The molecule has 0 saturated heterocycles. The Balaban J connectivity index is 2.20. The SMILES string of the molecule is CC(C)=CCNC1CCCC(C)CC1. The molecule has 0 spiro atoms. The highest BCUT2D eigenvalue weighted by Crippen LogP contribution is 2.22. The van der Waals surface area contributed by atoms with E-state index in [1.165, 1.54) is 37.7 Å². The van der Waals surface area contributed by atoms with Gasteiger partial charge in [-0.3, -0.25) is 0 Å². The molecular formula is C13H25N. The van der Waals surface area contributed by atoms with E-state index < -0.39 is 0 Å². The third kappa shape index (κ3) is 4.80. The van der Waals surface area contributed by atoms with Gasteiger partial charge in [-0.05, 0) is 39.0 Å². The molecule has 0 heterocycles. The van der Waals surface area contributed by atoms with Gasteiger partial charge < -0.3 is 5.32 Å². The average Bonchev–Trinajstić information content (AvgIpc) is 2.30. The van der Waals surface area contributed by atoms with E-state index >= 15 is 0 Å². The topological polar surface area (TPSA) is 12.0 Å². The van der Waals surface area contributed by atoms with Gasteiger partial charge in [0, 0.05) is 12.6 Å². The molecule has 82 valence electrons. The van der Waals surface area contributed by atoms with E-state index in [2.05, 4.69) is 32.2 Å². The van der Waals surface area contributed by atoms with Crippen LogP contribution in [0.25, 0.3) is 0 Å². The lowest BCUT2D eigenvalue weighted by Crippen LogP contribution is -2.28. The average molecular weight is 195 g/mol. The molecule has 0 aromatic heterocycles. The zero-order chi connectivity index (χ0) is 10.4. The van der Waals surface area contributed by atoms with Crippen LogP contribution in [-0.2, 0) is 0 Å². The van der Waals surface area contributed by atoms with Crippen molar-refractivity contribution in [2.75, 3.05) is 6.54 Å². The Bertz CT molecular complexity index is 180. The van der Waals surface area contributed by atoms with Crippen LogP contribution in [0, 0.1) is 5.92 Å². The fraction of sp³-hybridized carbons (Fsp3) is 0.846. The summed E-state index contributed by atoms with van der Waals surface area (Å²) in [5, 5.41) is 3.64. The molecule has 1 rings (SSSR count). The first-order valence-electron chi connectivity index (χ1n) is 6.05. The number of rotatable bonds is 3. The van der Waals surface area contributed by atoms with Gasteiger partial charge in [0.25, 0.3) is 0 Å². The van der Waals surface area contributed by atoms with Crippen molar-refractivity contribution < 1.29 is 0 Å². The molecule has 1 heteroatoms. The van der Waals surface area contributed by atoms with Gasteiger partial charge in [0.05, 0.1) is 0 Å². The minimum Gasteiger partial charge on any atom is -0.311 e. The van der Waals surface area contributed by atoms with Crippen LogP contribution in [0.4, 0.5) is 0 Å². The lowest BCUT2D eigenvalue weighted by atomic mass is 10.0. The van der Waals surface area contributed by atoms with Crippen molar-refractivity contribution in [2.24, 2.45) is 5.92 Å². The molecule has 0 amide bonds. The highest BCUT2D eigenvalue weighted by Gasteiger charge is 2.14. The third-order valence-electron chi connectivity index (χ3n) is 3.17. The van der Waals surface area contributed by atoms with E-state index in [1.54, 1.807) is 0 Å². The summed E-state index contributed by atoms with van der Waals surface area (Å²) >= 11 is 0. The first kappa shape index (κ1) is 11.8. The maximum atomic E-state index is 3.64. The molecule has 1 aliphatic rings. The van der Waals surface area contributed by atoms with Gasteiger partial charge in [-0.1, -0.05) is 31.4 Å². The molecular weight excluding hydrogens is 170 g/mol. The van der Waals surface area contributed by atoms with E-state index in [9.17, 15) is 0 Å². The summed E-state index contributed by atoms with van der Waals surface area (Å²) in [4.78, 5) is 0. The van der Waals surface area contributed by atoms with Gasteiger partial charge in [0.1, 0.15) is 0 Å². The smallest absolute Gasteiger partial charge is 0.0139 e. The molecule has 0 aromatic rings. The maximum absolute atomic E-state index is 3.64. The number of hydrogen-bond donors (Lipinski definition) is 1. The molecule has 0 aliphatic heterocycles. The van der Waals surface area contributed by atoms with Gasteiger partial charge >= 0.3 is 0 Å². The number of hydrogen-bond acceptors (Lipinski definition) is 1. The van der Waals surface area contributed by atoms with Crippen LogP contribution in [0.2, 0.25) is 0 Å². The Labute approximate surface area is 89.0 Å². The fourth-order valence-electron chi connectivity index (χ4n) is 2.12. The molecule has 1 saturated carbocycles. The summed E-state index contributed by atoms with van der Waals surface area (Å²) in [6.45, 7) is 7.77. The summed E-state index contributed by atoms with van der Waals surface area (Å²) in [6, 6.07) is 0.774.